The quantitative estimate of drug-likeness (QED) is 0.397. The lowest BCUT2D eigenvalue weighted by atomic mass is 10.1. The number of rotatable bonds is 5. The molecule has 2 heterocycles. The van der Waals surface area contributed by atoms with Crippen LogP contribution in [0.25, 0.3) is 22.3 Å². The number of benzene rings is 2. The average molecular weight is 397 g/mol. The number of fused-ring (bicyclic) bond motifs is 1. The first-order valence-corrected chi connectivity index (χ1v) is 8.35. The number of methoxy groups -OCH3 is 1. The van der Waals surface area contributed by atoms with Gasteiger partial charge in [0.05, 0.1) is 13.3 Å². The second kappa shape index (κ2) is 7.08. The number of phenols is 2. The van der Waals surface area contributed by atoms with Crippen LogP contribution in [0.15, 0.2) is 45.7 Å². The third-order valence-electron chi connectivity index (χ3n) is 4.20. The van der Waals surface area contributed by atoms with E-state index in [2.05, 4.69) is 15.4 Å². The molecule has 0 saturated carbocycles. The Balaban J connectivity index is 1.81. The maximum Gasteiger partial charge on any atom is 0.238 e. The summed E-state index contributed by atoms with van der Waals surface area (Å²) in [6, 6.07) is 6.67. The molecule has 29 heavy (non-hydrogen) atoms. The zero-order valence-electron chi connectivity index (χ0n) is 15.0. The van der Waals surface area contributed by atoms with Gasteiger partial charge in [0, 0.05) is 17.7 Å². The molecule has 0 bridgehead atoms. The predicted octanol–water partition coefficient (Wildman–Crippen LogP) is 2.28. The zero-order chi connectivity index (χ0) is 20.5. The van der Waals surface area contributed by atoms with Gasteiger partial charge in [-0.3, -0.25) is 4.79 Å². The maximum absolute atomic E-state index is 12.7. The third-order valence-corrected chi connectivity index (χ3v) is 4.20. The minimum atomic E-state index is -0.726. The number of hydrogen-bond donors (Lipinski definition) is 4. The number of aromatic amines is 1. The molecule has 4 N–H and O–H groups in total. The molecule has 0 spiro atoms. The lowest BCUT2D eigenvalue weighted by molar-refractivity contribution is 0.285. The summed E-state index contributed by atoms with van der Waals surface area (Å²) in [5.41, 5.74) is 0.0863. The molecule has 0 saturated heterocycles. The van der Waals surface area contributed by atoms with Gasteiger partial charge in [0.2, 0.25) is 11.2 Å². The van der Waals surface area contributed by atoms with Gasteiger partial charge in [-0.15, -0.1) is 0 Å². The van der Waals surface area contributed by atoms with Crippen LogP contribution in [0.1, 0.15) is 5.69 Å². The lowest BCUT2D eigenvalue weighted by Gasteiger charge is -2.11. The van der Waals surface area contributed by atoms with Gasteiger partial charge in [0.1, 0.15) is 34.8 Å². The van der Waals surface area contributed by atoms with Crippen LogP contribution in [-0.4, -0.2) is 37.8 Å². The molecule has 0 aliphatic carbocycles. The van der Waals surface area contributed by atoms with Gasteiger partial charge in [-0.25, -0.2) is 0 Å². The number of nitrogens with one attached hydrogen (secondary N) is 1. The van der Waals surface area contributed by atoms with Crippen LogP contribution >= 0.6 is 0 Å². The van der Waals surface area contributed by atoms with Gasteiger partial charge in [0.15, 0.2) is 17.3 Å². The highest BCUT2D eigenvalue weighted by Crippen LogP contribution is 2.38. The molecule has 2 aromatic heterocycles. The highest BCUT2D eigenvalue weighted by atomic mass is 16.5. The molecule has 0 aliphatic heterocycles. The standard InChI is InChI=1S/C19H15N3O7/c1-27-14-5-11(23)6-15-16(14)17(25)18(26)19(29-15)9-2-3-12(24)13(4-9)28-8-10-7-20-22-21-10/h2-7,23-24,26H,8H2,1H3,(H,20,21,22). The summed E-state index contributed by atoms with van der Waals surface area (Å²) in [5, 5.41) is 40.2. The van der Waals surface area contributed by atoms with Crippen molar-refractivity contribution in [2.45, 2.75) is 6.61 Å². The van der Waals surface area contributed by atoms with E-state index in [0.29, 0.717) is 5.69 Å². The van der Waals surface area contributed by atoms with Crippen molar-refractivity contribution in [1.82, 2.24) is 15.4 Å². The van der Waals surface area contributed by atoms with Crippen molar-refractivity contribution in [2.24, 2.45) is 0 Å². The normalized spacial score (nSPS) is 10.9. The molecule has 0 atom stereocenters. The zero-order valence-corrected chi connectivity index (χ0v) is 15.0. The van der Waals surface area contributed by atoms with E-state index in [0.717, 1.165) is 0 Å². The van der Waals surface area contributed by atoms with Crippen molar-refractivity contribution in [2.75, 3.05) is 7.11 Å². The molecule has 2 aromatic carbocycles. The molecule has 4 rings (SSSR count). The van der Waals surface area contributed by atoms with Gasteiger partial charge in [0.25, 0.3) is 0 Å². The van der Waals surface area contributed by atoms with Gasteiger partial charge in [-0.2, -0.15) is 15.4 Å². The van der Waals surface area contributed by atoms with Gasteiger partial charge in [-0.1, -0.05) is 0 Å². The minimum Gasteiger partial charge on any atom is -0.508 e. The molecular formula is C19H15N3O7. The highest BCUT2D eigenvalue weighted by Gasteiger charge is 2.20. The summed E-state index contributed by atoms with van der Waals surface area (Å²) in [6.45, 7) is 0.0340. The van der Waals surface area contributed by atoms with Crippen molar-refractivity contribution >= 4 is 11.0 Å². The Morgan fingerprint density at radius 3 is 2.69 bits per heavy atom. The number of H-pyrrole nitrogens is 1. The van der Waals surface area contributed by atoms with Crippen LogP contribution < -0.4 is 14.9 Å². The van der Waals surface area contributed by atoms with Gasteiger partial charge in [-0.05, 0) is 18.2 Å². The minimum absolute atomic E-state index is 0.00664. The summed E-state index contributed by atoms with van der Waals surface area (Å²) in [4.78, 5) is 12.7. The van der Waals surface area contributed by atoms with Crippen LogP contribution in [0, 0.1) is 0 Å². The Bertz CT molecular complexity index is 1250. The fourth-order valence-electron chi connectivity index (χ4n) is 2.83. The Labute approximate surface area is 162 Å². The molecule has 0 radical (unpaired) electrons. The smallest absolute Gasteiger partial charge is 0.238 e. The number of ether oxygens (including phenoxy) is 2. The van der Waals surface area contributed by atoms with E-state index in [9.17, 15) is 20.1 Å². The molecule has 10 heteroatoms. The molecule has 10 nitrogen and oxygen atoms in total. The van der Waals surface area contributed by atoms with Crippen LogP contribution in [0.5, 0.6) is 28.7 Å². The fraction of sp³-hybridized carbons (Fsp3) is 0.105. The number of nitrogens with zero attached hydrogens (tertiary/aromatic N) is 2. The number of hydrogen-bond acceptors (Lipinski definition) is 9. The Hall–Kier alpha value is -4.21. The highest BCUT2D eigenvalue weighted by molar-refractivity contribution is 5.88. The Morgan fingerprint density at radius 1 is 1.14 bits per heavy atom. The first-order chi connectivity index (χ1) is 14.0. The summed E-state index contributed by atoms with van der Waals surface area (Å²) in [6.07, 6.45) is 1.47. The van der Waals surface area contributed by atoms with E-state index in [1.165, 1.54) is 43.6 Å². The second-order valence-electron chi connectivity index (χ2n) is 6.06. The van der Waals surface area contributed by atoms with E-state index < -0.39 is 11.2 Å². The second-order valence-corrected chi connectivity index (χ2v) is 6.06. The molecule has 0 aliphatic rings. The predicted molar refractivity (Wildman–Crippen MR) is 100 cm³/mol. The summed E-state index contributed by atoms with van der Waals surface area (Å²) >= 11 is 0. The third kappa shape index (κ3) is 3.27. The SMILES string of the molecule is COc1cc(O)cc2oc(-c3ccc(O)c(OCc4cn[nH]n4)c3)c(O)c(=O)c12. The summed E-state index contributed by atoms with van der Waals surface area (Å²) in [7, 11) is 1.33. The molecule has 148 valence electrons. The van der Waals surface area contributed by atoms with Crippen LogP contribution in [-0.2, 0) is 6.61 Å². The van der Waals surface area contributed by atoms with Crippen LogP contribution in [0.2, 0.25) is 0 Å². The summed E-state index contributed by atoms with van der Waals surface area (Å²) in [5.74, 6) is -0.967. The van der Waals surface area contributed by atoms with E-state index in [1.807, 2.05) is 0 Å². The largest absolute Gasteiger partial charge is 0.508 e. The van der Waals surface area contributed by atoms with Crippen molar-refractivity contribution in [1.29, 1.82) is 0 Å². The van der Waals surface area contributed by atoms with Gasteiger partial charge < -0.3 is 29.2 Å². The fourth-order valence-corrected chi connectivity index (χ4v) is 2.83. The van der Waals surface area contributed by atoms with Gasteiger partial charge >= 0.3 is 0 Å². The Kier molecular flexibility index (Phi) is 4.43. The number of aromatic nitrogens is 3. The molecule has 4 aromatic rings. The van der Waals surface area contributed by atoms with Crippen LogP contribution in [0.3, 0.4) is 0 Å². The van der Waals surface area contributed by atoms with Crippen LogP contribution in [0.4, 0.5) is 0 Å². The van der Waals surface area contributed by atoms with E-state index in [4.69, 9.17) is 13.9 Å². The number of aromatic hydroxyl groups is 3. The van der Waals surface area contributed by atoms with E-state index in [-0.39, 0.29) is 51.9 Å². The molecule has 0 fully saturated rings. The topological polar surface area (TPSA) is 151 Å². The Morgan fingerprint density at radius 2 is 1.97 bits per heavy atom. The van der Waals surface area contributed by atoms with Crippen molar-refractivity contribution in [3.05, 3.63) is 52.4 Å². The van der Waals surface area contributed by atoms with E-state index >= 15 is 0 Å². The van der Waals surface area contributed by atoms with Crippen molar-refractivity contribution in [3.8, 4) is 40.1 Å². The van der Waals surface area contributed by atoms with E-state index in [1.54, 1.807) is 0 Å². The molecule has 0 unspecified atom stereocenters. The first-order valence-electron chi connectivity index (χ1n) is 8.35. The summed E-state index contributed by atoms with van der Waals surface area (Å²) < 4.78 is 16.3. The van der Waals surface area contributed by atoms with Crippen molar-refractivity contribution < 1.29 is 29.2 Å². The average Bonchev–Trinajstić information content (AvgIpc) is 3.23. The molecule has 0 amide bonds. The first kappa shape index (κ1) is 18.2. The monoisotopic (exact) mass is 397 g/mol. The lowest BCUT2D eigenvalue weighted by Crippen LogP contribution is -2.04. The number of phenolic OH excluding ortho intramolecular Hbond substituents is 2. The molecular weight excluding hydrogens is 382 g/mol. The van der Waals surface area contributed by atoms with Crippen molar-refractivity contribution in [3.63, 3.8) is 0 Å². The maximum atomic E-state index is 12.7.